The molecule has 0 unspecified atom stereocenters. The normalized spacial score (nSPS) is 10.1. The number of nitrogens with zero attached hydrogens (tertiary/aromatic N) is 1. The highest BCUT2D eigenvalue weighted by Gasteiger charge is 2.07. The molecule has 0 saturated carbocycles. The first-order valence-corrected chi connectivity index (χ1v) is 8.88. The lowest BCUT2D eigenvalue weighted by Crippen LogP contribution is -2.13. The third-order valence-corrected chi connectivity index (χ3v) is 3.91. The third kappa shape index (κ3) is 6.59. The number of benzene rings is 2. The molecule has 3 aromatic rings. The van der Waals surface area contributed by atoms with Gasteiger partial charge in [0.1, 0.15) is 6.61 Å². The number of halogens is 1. The molecule has 1 aromatic heterocycles. The molecular weight excluding hydrogens is 360 g/mol. The fourth-order valence-corrected chi connectivity index (χ4v) is 2.62. The molecule has 1 N–H and O–H groups in total. The maximum atomic E-state index is 5.95. The van der Waals surface area contributed by atoms with Gasteiger partial charge in [-0.15, -0.1) is 12.4 Å². The van der Waals surface area contributed by atoms with E-state index in [4.69, 9.17) is 9.47 Å². The minimum atomic E-state index is 0. The van der Waals surface area contributed by atoms with E-state index in [1.165, 1.54) is 0 Å². The standard InChI is InChI=1S/C22H24N2O2.ClH/c1-2-25-22-14-19(15-23-16-20-10-6-7-13-24-20)11-12-21(22)26-17-18-8-4-3-5-9-18;/h3-14,23H,2,15-17H2,1H3;1H. The molecule has 0 aliphatic rings. The first kappa shape index (κ1) is 20.7. The third-order valence-electron chi connectivity index (χ3n) is 3.91. The minimum Gasteiger partial charge on any atom is -0.490 e. The predicted molar refractivity (Wildman–Crippen MR) is 110 cm³/mol. The van der Waals surface area contributed by atoms with E-state index in [1.54, 1.807) is 0 Å². The van der Waals surface area contributed by atoms with Gasteiger partial charge in [0.15, 0.2) is 11.5 Å². The quantitative estimate of drug-likeness (QED) is 0.577. The van der Waals surface area contributed by atoms with Crippen LogP contribution in [0.25, 0.3) is 0 Å². The highest BCUT2D eigenvalue weighted by atomic mass is 35.5. The summed E-state index contributed by atoms with van der Waals surface area (Å²) in [5.74, 6) is 1.55. The summed E-state index contributed by atoms with van der Waals surface area (Å²) in [5.41, 5.74) is 3.31. The van der Waals surface area contributed by atoms with Crippen LogP contribution >= 0.6 is 12.4 Å². The highest BCUT2D eigenvalue weighted by molar-refractivity contribution is 5.85. The zero-order chi connectivity index (χ0) is 18.0. The average molecular weight is 385 g/mol. The van der Waals surface area contributed by atoms with Crippen LogP contribution in [-0.2, 0) is 19.7 Å². The van der Waals surface area contributed by atoms with Crippen LogP contribution < -0.4 is 14.8 Å². The zero-order valence-corrected chi connectivity index (χ0v) is 16.2. The SMILES string of the molecule is CCOc1cc(CNCc2ccccn2)ccc1OCc1ccccc1.Cl. The van der Waals surface area contributed by atoms with Crippen molar-refractivity contribution >= 4 is 12.4 Å². The zero-order valence-electron chi connectivity index (χ0n) is 15.4. The largest absolute Gasteiger partial charge is 0.490 e. The summed E-state index contributed by atoms with van der Waals surface area (Å²) < 4.78 is 11.7. The van der Waals surface area contributed by atoms with Crippen molar-refractivity contribution in [3.63, 3.8) is 0 Å². The Morgan fingerprint density at radius 1 is 0.815 bits per heavy atom. The molecule has 27 heavy (non-hydrogen) atoms. The molecule has 0 saturated heterocycles. The molecule has 1 heterocycles. The Morgan fingerprint density at radius 2 is 1.63 bits per heavy atom. The van der Waals surface area contributed by atoms with Crippen LogP contribution in [0.1, 0.15) is 23.7 Å². The van der Waals surface area contributed by atoms with E-state index in [0.717, 1.165) is 41.4 Å². The van der Waals surface area contributed by atoms with Gasteiger partial charge in [0, 0.05) is 19.3 Å². The topological polar surface area (TPSA) is 43.4 Å². The van der Waals surface area contributed by atoms with E-state index < -0.39 is 0 Å². The molecule has 0 fully saturated rings. The molecule has 0 amide bonds. The van der Waals surface area contributed by atoms with Crippen molar-refractivity contribution in [3.05, 3.63) is 89.7 Å². The number of pyridine rings is 1. The number of nitrogens with one attached hydrogen (secondary N) is 1. The number of rotatable bonds is 9. The lowest BCUT2D eigenvalue weighted by Gasteiger charge is -2.14. The van der Waals surface area contributed by atoms with Crippen LogP contribution in [0.5, 0.6) is 11.5 Å². The van der Waals surface area contributed by atoms with E-state index in [-0.39, 0.29) is 12.4 Å². The Hall–Kier alpha value is -2.56. The number of ether oxygens (including phenoxy) is 2. The second-order valence-electron chi connectivity index (χ2n) is 5.91. The molecule has 2 aromatic carbocycles. The molecule has 0 aliphatic carbocycles. The van der Waals surface area contributed by atoms with Gasteiger partial charge < -0.3 is 14.8 Å². The van der Waals surface area contributed by atoms with E-state index in [1.807, 2.05) is 61.7 Å². The molecule has 0 bridgehead atoms. The summed E-state index contributed by atoms with van der Waals surface area (Å²) in [6.45, 7) is 4.59. The van der Waals surface area contributed by atoms with E-state index in [2.05, 4.69) is 28.5 Å². The van der Waals surface area contributed by atoms with Crippen LogP contribution in [-0.4, -0.2) is 11.6 Å². The van der Waals surface area contributed by atoms with Crippen molar-refractivity contribution in [1.82, 2.24) is 10.3 Å². The Balaban J connectivity index is 0.00000261. The van der Waals surface area contributed by atoms with Gasteiger partial charge in [0.2, 0.25) is 0 Å². The summed E-state index contributed by atoms with van der Waals surface area (Å²) in [4.78, 5) is 4.32. The summed E-state index contributed by atoms with van der Waals surface area (Å²) in [7, 11) is 0. The predicted octanol–water partition coefficient (Wildman–Crippen LogP) is 4.77. The van der Waals surface area contributed by atoms with Crippen LogP contribution in [0.3, 0.4) is 0 Å². The molecular formula is C22H25ClN2O2. The van der Waals surface area contributed by atoms with Gasteiger partial charge in [-0.05, 0) is 42.3 Å². The van der Waals surface area contributed by atoms with Gasteiger partial charge in [0.25, 0.3) is 0 Å². The van der Waals surface area contributed by atoms with Gasteiger partial charge in [-0.25, -0.2) is 0 Å². The van der Waals surface area contributed by atoms with E-state index in [0.29, 0.717) is 13.2 Å². The van der Waals surface area contributed by atoms with Gasteiger partial charge in [0.05, 0.1) is 12.3 Å². The maximum absolute atomic E-state index is 5.95. The summed E-state index contributed by atoms with van der Waals surface area (Å²) in [6, 6.07) is 22.1. The molecule has 0 radical (unpaired) electrons. The summed E-state index contributed by atoms with van der Waals surface area (Å²) in [6.07, 6.45) is 1.81. The van der Waals surface area contributed by atoms with Gasteiger partial charge >= 0.3 is 0 Å². The second kappa shape index (κ2) is 11.2. The number of hydrogen-bond acceptors (Lipinski definition) is 4. The molecule has 4 nitrogen and oxygen atoms in total. The highest BCUT2D eigenvalue weighted by Crippen LogP contribution is 2.29. The van der Waals surface area contributed by atoms with Gasteiger partial charge in [-0.3, -0.25) is 4.98 Å². The lowest BCUT2D eigenvalue weighted by atomic mass is 10.2. The molecule has 5 heteroatoms. The summed E-state index contributed by atoms with van der Waals surface area (Å²) in [5, 5.41) is 3.41. The molecule has 0 aliphatic heterocycles. The van der Waals surface area contributed by atoms with Crippen molar-refractivity contribution in [1.29, 1.82) is 0 Å². The van der Waals surface area contributed by atoms with E-state index in [9.17, 15) is 0 Å². The van der Waals surface area contributed by atoms with Gasteiger partial charge in [-0.2, -0.15) is 0 Å². The van der Waals surface area contributed by atoms with Crippen molar-refractivity contribution in [2.75, 3.05) is 6.61 Å². The van der Waals surface area contributed by atoms with Crippen molar-refractivity contribution in [3.8, 4) is 11.5 Å². The summed E-state index contributed by atoms with van der Waals surface area (Å²) >= 11 is 0. The van der Waals surface area contributed by atoms with Crippen LogP contribution in [0, 0.1) is 0 Å². The number of hydrogen-bond donors (Lipinski definition) is 1. The Morgan fingerprint density at radius 3 is 2.37 bits per heavy atom. The Bertz CT molecular complexity index is 798. The first-order valence-electron chi connectivity index (χ1n) is 8.88. The van der Waals surface area contributed by atoms with Crippen LogP contribution in [0.15, 0.2) is 72.9 Å². The fraction of sp³-hybridized carbons (Fsp3) is 0.227. The van der Waals surface area contributed by atoms with Crippen molar-refractivity contribution in [2.45, 2.75) is 26.6 Å². The fourth-order valence-electron chi connectivity index (χ4n) is 2.62. The second-order valence-corrected chi connectivity index (χ2v) is 5.91. The van der Waals surface area contributed by atoms with Crippen molar-refractivity contribution < 1.29 is 9.47 Å². The molecule has 142 valence electrons. The van der Waals surface area contributed by atoms with Crippen molar-refractivity contribution in [2.24, 2.45) is 0 Å². The Kier molecular flexibility index (Phi) is 8.62. The monoisotopic (exact) mass is 384 g/mol. The maximum Gasteiger partial charge on any atom is 0.161 e. The first-order chi connectivity index (χ1) is 12.8. The minimum absolute atomic E-state index is 0. The van der Waals surface area contributed by atoms with Crippen LogP contribution in [0.2, 0.25) is 0 Å². The average Bonchev–Trinajstić information content (AvgIpc) is 2.69. The van der Waals surface area contributed by atoms with Crippen LogP contribution in [0.4, 0.5) is 0 Å². The Labute approximate surface area is 167 Å². The lowest BCUT2D eigenvalue weighted by molar-refractivity contribution is 0.269. The number of aromatic nitrogens is 1. The van der Waals surface area contributed by atoms with E-state index >= 15 is 0 Å². The molecule has 3 rings (SSSR count). The smallest absolute Gasteiger partial charge is 0.161 e. The van der Waals surface area contributed by atoms with Gasteiger partial charge in [-0.1, -0.05) is 42.5 Å². The molecule has 0 spiro atoms. The molecule has 0 atom stereocenters.